The molecule has 0 bridgehead atoms. The number of hydrogen-bond acceptors (Lipinski definition) is 3. The summed E-state index contributed by atoms with van der Waals surface area (Å²) in [5.41, 5.74) is -0.708. The van der Waals surface area contributed by atoms with Crippen LogP contribution < -0.4 is 0 Å². The third-order valence-corrected chi connectivity index (χ3v) is 2.91. The van der Waals surface area contributed by atoms with Gasteiger partial charge in [0.05, 0.1) is 0 Å². The van der Waals surface area contributed by atoms with Crippen LogP contribution in [0.15, 0.2) is 0 Å². The van der Waals surface area contributed by atoms with Crippen LogP contribution in [0.5, 0.6) is 0 Å². The summed E-state index contributed by atoms with van der Waals surface area (Å²) >= 11 is -0.854. The topological polar surface area (TPSA) is 43.4 Å². The van der Waals surface area contributed by atoms with Crippen molar-refractivity contribution in [3.8, 4) is 0 Å². The molecular weight excluding hydrogens is 202 g/mol. The monoisotopic (exact) mass is 208 g/mol. The molecule has 0 aliphatic heterocycles. The van der Waals surface area contributed by atoms with Crippen LogP contribution in [0.25, 0.3) is 0 Å². The number of halogens is 1. The van der Waals surface area contributed by atoms with E-state index >= 15 is 0 Å². The molecule has 0 aliphatic rings. The molecule has 0 fully saturated rings. The van der Waals surface area contributed by atoms with E-state index in [1.807, 2.05) is 0 Å². The first-order valence-electron chi connectivity index (χ1n) is 1.63. The Hall–Kier alpha value is 0.359. The van der Waals surface area contributed by atoms with E-state index in [9.17, 15) is 12.8 Å². The van der Waals surface area contributed by atoms with Crippen LogP contribution in [0, 0.1) is 0 Å². The van der Waals surface area contributed by atoms with Gasteiger partial charge in [0.25, 0.3) is 0 Å². The molecule has 0 unspecified atom stereocenters. The van der Waals surface area contributed by atoms with Crippen molar-refractivity contribution in [1.82, 2.24) is 0 Å². The molecule has 0 aromatic heterocycles. The summed E-state index contributed by atoms with van der Waals surface area (Å²) in [5.74, 6) is 0. The molecule has 0 aromatic carbocycles. The van der Waals surface area contributed by atoms with E-state index in [1.54, 1.807) is 0 Å². The second kappa shape index (κ2) is 3.40. The molecule has 0 heterocycles. The van der Waals surface area contributed by atoms with Crippen molar-refractivity contribution in [3.05, 3.63) is 0 Å². The van der Waals surface area contributed by atoms with Gasteiger partial charge in [-0.2, -0.15) is 0 Å². The Balaban J connectivity index is 3.42. The second-order valence-corrected chi connectivity index (χ2v) is 4.35. The zero-order chi connectivity index (χ0) is 6.62. The van der Waals surface area contributed by atoms with Crippen molar-refractivity contribution in [2.24, 2.45) is 0 Å². The van der Waals surface area contributed by atoms with Crippen LogP contribution in [-0.4, -0.2) is 35.5 Å². The minimum absolute atomic E-state index is 0.708. The maximum atomic E-state index is 11.2. The molecule has 0 amide bonds. The van der Waals surface area contributed by atoms with Crippen LogP contribution in [0.2, 0.25) is 0 Å². The van der Waals surface area contributed by atoms with E-state index in [4.69, 9.17) is 0 Å². The Morgan fingerprint density at radius 3 is 2.38 bits per heavy atom. The summed E-state index contributed by atoms with van der Waals surface area (Å²) < 4.78 is 35.2. The van der Waals surface area contributed by atoms with Gasteiger partial charge in [0, 0.05) is 0 Å². The van der Waals surface area contributed by atoms with Gasteiger partial charge in [0.1, 0.15) is 0 Å². The van der Waals surface area contributed by atoms with Gasteiger partial charge in [0.2, 0.25) is 0 Å². The quantitative estimate of drug-likeness (QED) is 0.586. The van der Waals surface area contributed by atoms with Crippen molar-refractivity contribution in [2.75, 3.05) is 11.8 Å². The molecule has 0 rings (SSSR count). The van der Waals surface area contributed by atoms with Gasteiger partial charge in [-0.1, -0.05) is 0 Å². The van der Waals surface area contributed by atoms with Gasteiger partial charge < -0.3 is 0 Å². The van der Waals surface area contributed by atoms with Crippen LogP contribution >= 0.6 is 0 Å². The van der Waals surface area contributed by atoms with Gasteiger partial charge in [-0.3, -0.25) is 0 Å². The molecular formula is C2H5FO3SSe. The Morgan fingerprint density at radius 1 is 1.75 bits per heavy atom. The first-order chi connectivity index (χ1) is 3.56. The van der Waals surface area contributed by atoms with Crippen molar-refractivity contribution < 1.29 is 16.1 Å². The van der Waals surface area contributed by atoms with Gasteiger partial charge in [-0.15, -0.1) is 0 Å². The molecule has 3 nitrogen and oxygen atoms in total. The van der Waals surface area contributed by atoms with Crippen molar-refractivity contribution in [1.29, 1.82) is 0 Å². The molecule has 50 valence electrons. The summed E-state index contributed by atoms with van der Waals surface area (Å²) in [4.78, 5) is 0. The van der Waals surface area contributed by atoms with Crippen molar-refractivity contribution in [2.45, 2.75) is 0 Å². The van der Waals surface area contributed by atoms with E-state index in [2.05, 4.69) is 3.27 Å². The van der Waals surface area contributed by atoms with Gasteiger partial charge in [-0.25, -0.2) is 0 Å². The van der Waals surface area contributed by atoms with Gasteiger partial charge in [-0.05, 0) is 0 Å². The van der Waals surface area contributed by atoms with Crippen molar-refractivity contribution >= 4 is 25.4 Å². The normalized spacial score (nSPS) is 11.8. The van der Waals surface area contributed by atoms with Crippen LogP contribution in [0.1, 0.15) is 0 Å². The summed E-state index contributed by atoms with van der Waals surface area (Å²) in [6.45, 7) is 0. The molecule has 0 saturated heterocycles. The fourth-order valence-electron chi connectivity index (χ4n) is 0.106. The Bertz CT molecular complexity index is 141. The summed E-state index contributed by atoms with van der Waals surface area (Å²) in [6.07, 6.45) is 0.893. The van der Waals surface area contributed by atoms with E-state index in [1.165, 1.54) is 0 Å². The van der Waals surface area contributed by atoms with Gasteiger partial charge >= 0.3 is 53.3 Å². The molecule has 0 spiro atoms. The maximum absolute atomic E-state index is 11.2. The van der Waals surface area contributed by atoms with Gasteiger partial charge in [0.15, 0.2) is 0 Å². The van der Waals surface area contributed by atoms with E-state index in [-0.39, 0.29) is 0 Å². The molecule has 0 N–H and O–H groups in total. The summed E-state index contributed by atoms with van der Waals surface area (Å²) in [7, 11) is -3.40. The Labute approximate surface area is 53.8 Å². The Kier molecular flexibility index (Phi) is 3.55. The third kappa shape index (κ3) is 6.36. The number of alkyl halides is 1. The number of hydrogen-bond donors (Lipinski definition) is 0. The molecule has 6 heteroatoms. The minimum atomic E-state index is -3.40. The predicted octanol–water partition coefficient (Wildman–Crippen LogP) is -0.491. The SMILES string of the molecule is CS(=O)(=O)O[Se]CF. The predicted molar refractivity (Wildman–Crippen MR) is 27.7 cm³/mol. The van der Waals surface area contributed by atoms with E-state index in [0.29, 0.717) is 0 Å². The fraction of sp³-hybridized carbons (Fsp3) is 1.00. The van der Waals surface area contributed by atoms with Crippen LogP contribution in [0.4, 0.5) is 4.39 Å². The number of rotatable bonds is 3. The van der Waals surface area contributed by atoms with E-state index in [0.717, 1.165) is 6.26 Å². The van der Waals surface area contributed by atoms with Crippen LogP contribution in [-0.2, 0) is 13.4 Å². The average Bonchev–Trinajstić information content (AvgIpc) is 1.59. The molecule has 0 atom stereocenters. The zero-order valence-corrected chi connectivity index (χ0v) is 6.66. The van der Waals surface area contributed by atoms with Crippen molar-refractivity contribution in [3.63, 3.8) is 0 Å². The molecule has 0 aliphatic carbocycles. The zero-order valence-electron chi connectivity index (χ0n) is 4.13. The Morgan fingerprint density at radius 2 is 2.25 bits per heavy atom. The second-order valence-electron chi connectivity index (χ2n) is 0.999. The standard InChI is InChI=1S/C2H5FO3SSe/c1-7(4,5)6-8-2-3/h2H2,1H3. The summed E-state index contributed by atoms with van der Waals surface area (Å²) in [6, 6.07) is 0. The molecule has 8 heavy (non-hydrogen) atoms. The summed E-state index contributed by atoms with van der Waals surface area (Å²) in [5, 5.41) is 0. The molecule has 0 aromatic rings. The fourth-order valence-corrected chi connectivity index (χ4v) is 1.65. The molecule has 0 saturated carbocycles. The van der Waals surface area contributed by atoms with Crippen LogP contribution in [0.3, 0.4) is 0 Å². The first kappa shape index (κ1) is 8.36. The average molecular weight is 207 g/mol. The molecule has 0 radical (unpaired) electrons. The third-order valence-electron chi connectivity index (χ3n) is 0.216. The van der Waals surface area contributed by atoms with E-state index < -0.39 is 31.0 Å². The first-order valence-corrected chi connectivity index (χ1v) is 5.36.